The lowest BCUT2D eigenvalue weighted by molar-refractivity contribution is 0.122. The SMILES string of the molecule is Cc1nc2ccccc2n1-c1nc(N2CCOCC2)c2nc(CN3CCC(C(C)C)CC3)n(C(C)C)c2n1. The standard InChI is InChI=1S/C29H40N8O/c1-19(2)22-10-12-34(13-11-22)18-25-31-26-27(35-14-16-38-17-15-35)32-29(33-28(26)36(25)20(3)4)37-21(5)30-23-8-6-7-9-24(23)37/h6-9,19-20,22H,10-18H2,1-5H3. The monoisotopic (exact) mass is 516 g/mol. The Morgan fingerprint density at radius 2 is 1.66 bits per heavy atom. The van der Waals surface area contributed by atoms with Crippen LogP contribution >= 0.6 is 0 Å². The minimum atomic E-state index is 0.226. The Morgan fingerprint density at radius 1 is 0.921 bits per heavy atom. The van der Waals surface area contributed by atoms with E-state index in [1.54, 1.807) is 0 Å². The second kappa shape index (κ2) is 10.3. The summed E-state index contributed by atoms with van der Waals surface area (Å²) < 4.78 is 10.1. The Balaban J connectivity index is 1.48. The molecule has 38 heavy (non-hydrogen) atoms. The molecular weight excluding hydrogens is 476 g/mol. The summed E-state index contributed by atoms with van der Waals surface area (Å²) in [6, 6.07) is 8.42. The van der Waals surface area contributed by atoms with Crippen LogP contribution in [0, 0.1) is 18.8 Å². The molecule has 0 radical (unpaired) electrons. The first-order valence-corrected chi connectivity index (χ1v) is 14.2. The molecule has 4 aromatic rings. The molecular formula is C29H40N8O. The molecule has 2 aliphatic heterocycles. The lowest BCUT2D eigenvalue weighted by Crippen LogP contribution is -2.37. The topological polar surface area (TPSA) is 77.1 Å². The van der Waals surface area contributed by atoms with Gasteiger partial charge in [-0.05, 0) is 70.7 Å². The van der Waals surface area contributed by atoms with E-state index in [1.807, 2.05) is 25.1 Å². The Hall–Kier alpha value is -3.04. The van der Waals surface area contributed by atoms with Gasteiger partial charge in [0.15, 0.2) is 17.0 Å². The number of hydrogen-bond donors (Lipinski definition) is 0. The number of imidazole rings is 2. The van der Waals surface area contributed by atoms with E-state index in [0.29, 0.717) is 19.2 Å². The molecule has 3 aromatic heterocycles. The van der Waals surface area contributed by atoms with Crippen LogP contribution in [0.4, 0.5) is 5.82 Å². The minimum absolute atomic E-state index is 0.226. The Kier molecular flexibility index (Phi) is 6.82. The molecule has 5 heterocycles. The zero-order chi connectivity index (χ0) is 26.4. The van der Waals surface area contributed by atoms with Gasteiger partial charge in [-0.3, -0.25) is 9.47 Å². The fourth-order valence-corrected chi connectivity index (χ4v) is 6.12. The highest BCUT2D eigenvalue weighted by molar-refractivity contribution is 5.86. The highest BCUT2D eigenvalue weighted by atomic mass is 16.5. The molecule has 9 nitrogen and oxygen atoms in total. The van der Waals surface area contributed by atoms with Crippen LogP contribution in [0.1, 0.15) is 58.2 Å². The van der Waals surface area contributed by atoms with E-state index in [2.05, 4.69) is 52.7 Å². The summed E-state index contributed by atoms with van der Waals surface area (Å²) in [5.74, 6) is 5.07. The molecule has 2 fully saturated rings. The van der Waals surface area contributed by atoms with Gasteiger partial charge in [0.1, 0.15) is 11.6 Å². The minimum Gasteiger partial charge on any atom is -0.378 e. The largest absolute Gasteiger partial charge is 0.378 e. The van der Waals surface area contributed by atoms with Crippen LogP contribution in [0.15, 0.2) is 24.3 Å². The summed E-state index contributed by atoms with van der Waals surface area (Å²) in [4.78, 5) is 25.3. The lowest BCUT2D eigenvalue weighted by atomic mass is 9.87. The summed E-state index contributed by atoms with van der Waals surface area (Å²) in [5.41, 5.74) is 3.75. The number of aryl methyl sites for hydroxylation is 1. The molecule has 2 saturated heterocycles. The number of para-hydroxylation sites is 2. The molecule has 0 N–H and O–H groups in total. The third-order valence-electron chi connectivity index (χ3n) is 8.28. The van der Waals surface area contributed by atoms with Gasteiger partial charge in [0.25, 0.3) is 0 Å². The van der Waals surface area contributed by atoms with Gasteiger partial charge < -0.3 is 14.2 Å². The molecule has 0 spiro atoms. The van der Waals surface area contributed by atoms with Crippen molar-refractivity contribution < 1.29 is 4.74 Å². The zero-order valence-corrected chi connectivity index (χ0v) is 23.4. The van der Waals surface area contributed by atoms with Gasteiger partial charge >= 0.3 is 0 Å². The molecule has 0 aliphatic carbocycles. The van der Waals surface area contributed by atoms with Crippen molar-refractivity contribution in [1.82, 2.24) is 34.0 Å². The maximum atomic E-state index is 5.67. The number of nitrogens with zero attached hydrogens (tertiary/aromatic N) is 8. The van der Waals surface area contributed by atoms with Crippen molar-refractivity contribution in [2.45, 2.75) is 60.0 Å². The Bertz CT molecular complexity index is 1420. The number of hydrogen-bond acceptors (Lipinski definition) is 7. The van der Waals surface area contributed by atoms with E-state index in [9.17, 15) is 0 Å². The fourth-order valence-electron chi connectivity index (χ4n) is 6.12. The van der Waals surface area contributed by atoms with Gasteiger partial charge in [-0.15, -0.1) is 0 Å². The third kappa shape index (κ3) is 4.56. The van der Waals surface area contributed by atoms with E-state index in [4.69, 9.17) is 24.7 Å². The highest BCUT2D eigenvalue weighted by Gasteiger charge is 2.28. The van der Waals surface area contributed by atoms with Crippen LogP contribution in [0.25, 0.3) is 28.1 Å². The summed E-state index contributed by atoms with van der Waals surface area (Å²) in [6.45, 7) is 17.2. The zero-order valence-electron chi connectivity index (χ0n) is 23.4. The van der Waals surface area contributed by atoms with Crippen molar-refractivity contribution in [2.75, 3.05) is 44.3 Å². The van der Waals surface area contributed by atoms with Crippen molar-refractivity contribution >= 4 is 28.0 Å². The van der Waals surface area contributed by atoms with Gasteiger partial charge in [-0.2, -0.15) is 9.97 Å². The first-order chi connectivity index (χ1) is 18.4. The summed E-state index contributed by atoms with van der Waals surface area (Å²) in [7, 11) is 0. The molecule has 0 atom stereocenters. The van der Waals surface area contributed by atoms with Crippen LogP contribution in [0.3, 0.4) is 0 Å². The quantitative estimate of drug-likeness (QED) is 0.366. The summed E-state index contributed by atoms with van der Waals surface area (Å²) in [6.07, 6.45) is 2.52. The van der Waals surface area contributed by atoms with E-state index in [-0.39, 0.29) is 6.04 Å². The number of aromatic nitrogens is 6. The molecule has 0 unspecified atom stereocenters. The molecule has 1 aromatic carbocycles. The molecule has 0 amide bonds. The lowest BCUT2D eigenvalue weighted by Gasteiger charge is -2.33. The predicted molar refractivity (Wildman–Crippen MR) is 151 cm³/mol. The summed E-state index contributed by atoms with van der Waals surface area (Å²) >= 11 is 0. The maximum Gasteiger partial charge on any atom is 0.239 e. The van der Waals surface area contributed by atoms with Gasteiger partial charge in [0.05, 0.1) is 30.8 Å². The number of benzene rings is 1. The van der Waals surface area contributed by atoms with Crippen LogP contribution in [0.5, 0.6) is 0 Å². The van der Waals surface area contributed by atoms with Crippen LogP contribution in [-0.2, 0) is 11.3 Å². The van der Waals surface area contributed by atoms with Crippen molar-refractivity contribution in [3.63, 3.8) is 0 Å². The molecule has 6 rings (SSSR count). The van der Waals surface area contributed by atoms with Crippen LogP contribution < -0.4 is 4.90 Å². The van der Waals surface area contributed by atoms with Crippen molar-refractivity contribution in [3.05, 3.63) is 35.9 Å². The number of anilines is 1. The average molecular weight is 517 g/mol. The number of piperidine rings is 1. The molecule has 202 valence electrons. The maximum absolute atomic E-state index is 5.67. The number of morpholine rings is 1. The van der Waals surface area contributed by atoms with Crippen molar-refractivity contribution in [2.24, 2.45) is 11.8 Å². The van der Waals surface area contributed by atoms with E-state index >= 15 is 0 Å². The average Bonchev–Trinajstić information content (AvgIpc) is 3.45. The third-order valence-corrected chi connectivity index (χ3v) is 8.28. The second-order valence-electron chi connectivity index (χ2n) is 11.5. The number of ether oxygens (including phenoxy) is 1. The van der Waals surface area contributed by atoms with E-state index in [0.717, 1.165) is 84.2 Å². The first-order valence-electron chi connectivity index (χ1n) is 14.2. The second-order valence-corrected chi connectivity index (χ2v) is 11.5. The number of likely N-dealkylation sites (tertiary alicyclic amines) is 1. The number of rotatable bonds is 6. The number of fused-ring (bicyclic) bond motifs is 2. The molecule has 2 aliphatic rings. The Morgan fingerprint density at radius 3 is 2.37 bits per heavy atom. The van der Waals surface area contributed by atoms with Crippen molar-refractivity contribution in [1.29, 1.82) is 0 Å². The normalized spacial score (nSPS) is 18.0. The molecule has 0 saturated carbocycles. The van der Waals surface area contributed by atoms with Gasteiger partial charge in [0.2, 0.25) is 5.95 Å². The smallest absolute Gasteiger partial charge is 0.239 e. The Labute approximate surface area is 224 Å². The first kappa shape index (κ1) is 25.2. The fraction of sp³-hybridized carbons (Fsp3) is 0.586. The van der Waals surface area contributed by atoms with Crippen LogP contribution in [-0.4, -0.2) is 73.4 Å². The van der Waals surface area contributed by atoms with Crippen molar-refractivity contribution in [3.8, 4) is 5.95 Å². The van der Waals surface area contributed by atoms with Gasteiger partial charge in [0, 0.05) is 19.1 Å². The summed E-state index contributed by atoms with van der Waals surface area (Å²) in [5, 5.41) is 0. The van der Waals surface area contributed by atoms with Gasteiger partial charge in [-0.25, -0.2) is 9.97 Å². The molecule has 0 bridgehead atoms. The van der Waals surface area contributed by atoms with E-state index in [1.165, 1.54) is 12.8 Å². The molecule has 9 heteroatoms. The predicted octanol–water partition coefficient (Wildman–Crippen LogP) is 4.76. The van der Waals surface area contributed by atoms with E-state index < -0.39 is 0 Å². The highest BCUT2D eigenvalue weighted by Crippen LogP contribution is 2.32. The van der Waals surface area contributed by atoms with Gasteiger partial charge in [-0.1, -0.05) is 26.0 Å². The van der Waals surface area contributed by atoms with Crippen LogP contribution in [0.2, 0.25) is 0 Å².